The Morgan fingerprint density at radius 1 is 1.32 bits per heavy atom. The number of carbonyl (C=O) groups is 2. The van der Waals surface area contributed by atoms with E-state index in [9.17, 15) is 9.59 Å². The van der Waals surface area contributed by atoms with Crippen LogP contribution in [0.5, 0.6) is 0 Å². The number of carboxylic acids is 1. The first kappa shape index (κ1) is 12.7. The quantitative estimate of drug-likeness (QED) is 0.860. The molecule has 0 aliphatic rings. The predicted molar refractivity (Wildman–Crippen MR) is 67.1 cm³/mol. The summed E-state index contributed by atoms with van der Waals surface area (Å²) in [4.78, 5) is 26.6. The smallest absolute Gasteiger partial charge is 0.337 e. The maximum absolute atomic E-state index is 12.0. The molecule has 7 nitrogen and oxygen atoms in total. The van der Waals surface area contributed by atoms with Gasteiger partial charge in [-0.05, 0) is 13.0 Å². The molecule has 0 fully saturated rings. The molecule has 0 aromatic carbocycles. The van der Waals surface area contributed by atoms with Crippen LogP contribution in [0, 0.1) is 6.92 Å². The summed E-state index contributed by atoms with van der Waals surface area (Å²) in [6, 6.07) is 1.35. The molecular formula is C12H12N4O3. The van der Waals surface area contributed by atoms with E-state index < -0.39 is 5.97 Å². The summed E-state index contributed by atoms with van der Waals surface area (Å²) in [5.74, 6) is -1.45. The first-order chi connectivity index (χ1) is 8.99. The molecule has 2 rings (SSSR count). The third-order valence-electron chi connectivity index (χ3n) is 2.72. The van der Waals surface area contributed by atoms with E-state index in [1.54, 1.807) is 18.7 Å². The van der Waals surface area contributed by atoms with E-state index in [0.29, 0.717) is 11.3 Å². The van der Waals surface area contributed by atoms with E-state index in [-0.39, 0.29) is 11.5 Å². The molecule has 0 saturated carbocycles. The molecule has 0 saturated heterocycles. The number of amides is 1. The van der Waals surface area contributed by atoms with E-state index >= 15 is 0 Å². The highest BCUT2D eigenvalue weighted by Gasteiger charge is 2.13. The zero-order valence-corrected chi connectivity index (χ0v) is 10.4. The summed E-state index contributed by atoms with van der Waals surface area (Å²) >= 11 is 0. The van der Waals surface area contributed by atoms with Crippen molar-refractivity contribution >= 4 is 17.6 Å². The Labute approximate surface area is 108 Å². The average molecular weight is 260 g/mol. The van der Waals surface area contributed by atoms with E-state index in [1.165, 1.54) is 24.7 Å². The standard InChI is InChI=1S/C12H12N4O3/c1-7-10(6-14-16(7)2)11(17)15-9-3-8(12(18)19)4-13-5-9/h3-6H,1-2H3,(H,15,17)(H,18,19). The van der Waals surface area contributed by atoms with Crippen molar-refractivity contribution < 1.29 is 14.7 Å². The molecule has 19 heavy (non-hydrogen) atoms. The Morgan fingerprint density at radius 2 is 2.05 bits per heavy atom. The monoisotopic (exact) mass is 260 g/mol. The van der Waals surface area contributed by atoms with Crippen molar-refractivity contribution in [2.45, 2.75) is 6.92 Å². The van der Waals surface area contributed by atoms with E-state index in [1.807, 2.05) is 0 Å². The van der Waals surface area contributed by atoms with E-state index in [0.717, 1.165) is 5.69 Å². The molecule has 0 aliphatic carbocycles. The number of nitrogens with zero attached hydrogens (tertiary/aromatic N) is 3. The summed E-state index contributed by atoms with van der Waals surface area (Å²) in [6.07, 6.45) is 4.06. The van der Waals surface area contributed by atoms with Gasteiger partial charge in [-0.3, -0.25) is 14.5 Å². The SMILES string of the molecule is Cc1c(C(=O)Nc2cncc(C(=O)O)c2)cnn1C. The first-order valence-electron chi connectivity index (χ1n) is 5.47. The van der Waals surface area contributed by atoms with Crippen molar-refractivity contribution in [1.29, 1.82) is 0 Å². The number of aryl methyl sites for hydroxylation is 1. The summed E-state index contributed by atoms with van der Waals surface area (Å²) in [5, 5.41) is 15.4. The number of carboxylic acid groups (broad SMARTS) is 1. The number of rotatable bonds is 3. The van der Waals surface area contributed by atoms with Crippen LogP contribution in [0.2, 0.25) is 0 Å². The molecule has 0 aliphatic heterocycles. The zero-order valence-electron chi connectivity index (χ0n) is 10.4. The number of carbonyl (C=O) groups excluding carboxylic acids is 1. The van der Waals surface area contributed by atoms with Crippen molar-refractivity contribution in [2.75, 3.05) is 5.32 Å². The fraction of sp³-hybridized carbons (Fsp3) is 0.167. The molecule has 0 spiro atoms. The predicted octanol–water partition coefficient (Wildman–Crippen LogP) is 1.07. The number of hydrogen-bond donors (Lipinski definition) is 2. The Morgan fingerprint density at radius 3 is 2.63 bits per heavy atom. The van der Waals surface area contributed by atoms with Gasteiger partial charge >= 0.3 is 5.97 Å². The molecule has 0 unspecified atom stereocenters. The number of hydrogen-bond acceptors (Lipinski definition) is 4. The molecular weight excluding hydrogens is 248 g/mol. The molecule has 2 aromatic heterocycles. The Balaban J connectivity index is 2.22. The molecule has 2 N–H and O–H groups in total. The van der Waals surface area contributed by atoms with E-state index in [2.05, 4.69) is 15.4 Å². The van der Waals surface area contributed by atoms with Crippen LogP contribution in [0.3, 0.4) is 0 Å². The first-order valence-corrected chi connectivity index (χ1v) is 5.47. The summed E-state index contributed by atoms with van der Waals surface area (Å²) < 4.78 is 1.58. The van der Waals surface area contributed by atoms with Gasteiger partial charge in [0.2, 0.25) is 0 Å². The minimum absolute atomic E-state index is 0.0145. The lowest BCUT2D eigenvalue weighted by atomic mass is 10.2. The Hall–Kier alpha value is -2.70. The molecule has 1 amide bonds. The van der Waals surface area contributed by atoms with Crippen molar-refractivity contribution in [3.63, 3.8) is 0 Å². The fourth-order valence-electron chi connectivity index (χ4n) is 1.55. The van der Waals surface area contributed by atoms with Crippen molar-refractivity contribution in [3.05, 3.63) is 41.5 Å². The minimum Gasteiger partial charge on any atom is -0.478 e. The lowest BCUT2D eigenvalue weighted by Crippen LogP contribution is -2.13. The van der Waals surface area contributed by atoms with Crippen LogP contribution >= 0.6 is 0 Å². The van der Waals surface area contributed by atoms with Gasteiger partial charge in [0.1, 0.15) is 0 Å². The lowest BCUT2D eigenvalue weighted by Gasteiger charge is -2.05. The second kappa shape index (κ2) is 4.89. The fourth-order valence-corrected chi connectivity index (χ4v) is 1.55. The molecule has 7 heteroatoms. The topological polar surface area (TPSA) is 97.1 Å². The highest BCUT2D eigenvalue weighted by Crippen LogP contribution is 2.12. The van der Waals surface area contributed by atoms with Crippen LogP contribution in [0.25, 0.3) is 0 Å². The van der Waals surface area contributed by atoms with Crippen LogP contribution in [0.15, 0.2) is 24.7 Å². The van der Waals surface area contributed by atoms with Crippen molar-refractivity contribution in [3.8, 4) is 0 Å². The highest BCUT2D eigenvalue weighted by atomic mass is 16.4. The van der Waals surface area contributed by atoms with Gasteiger partial charge in [-0.25, -0.2) is 4.79 Å². The molecule has 2 aromatic rings. The maximum atomic E-state index is 12.0. The number of aromatic carboxylic acids is 1. The van der Waals surface area contributed by atoms with Gasteiger partial charge in [-0.15, -0.1) is 0 Å². The van der Waals surface area contributed by atoms with Crippen LogP contribution in [0.4, 0.5) is 5.69 Å². The molecule has 0 bridgehead atoms. The van der Waals surface area contributed by atoms with E-state index in [4.69, 9.17) is 5.11 Å². The second-order valence-corrected chi connectivity index (χ2v) is 3.99. The van der Waals surface area contributed by atoms with Crippen LogP contribution in [-0.4, -0.2) is 31.7 Å². The summed E-state index contributed by atoms with van der Waals surface area (Å²) in [6.45, 7) is 1.77. The lowest BCUT2D eigenvalue weighted by molar-refractivity contribution is 0.0696. The molecule has 0 radical (unpaired) electrons. The van der Waals surface area contributed by atoms with Gasteiger partial charge in [0.25, 0.3) is 5.91 Å². The maximum Gasteiger partial charge on any atom is 0.337 e. The number of nitrogens with one attached hydrogen (secondary N) is 1. The van der Waals surface area contributed by atoms with Gasteiger partial charge in [-0.2, -0.15) is 5.10 Å². The van der Waals surface area contributed by atoms with Crippen LogP contribution in [-0.2, 0) is 7.05 Å². The second-order valence-electron chi connectivity index (χ2n) is 3.99. The van der Waals surface area contributed by atoms with Crippen LogP contribution in [0.1, 0.15) is 26.4 Å². The molecule has 2 heterocycles. The number of anilines is 1. The minimum atomic E-state index is -1.10. The van der Waals surface area contributed by atoms with Gasteiger partial charge < -0.3 is 10.4 Å². The Kier molecular flexibility index (Phi) is 3.28. The van der Waals surface area contributed by atoms with Gasteiger partial charge in [0.05, 0.1) is 29.2 Å². The third kappa shape index (κ3) is 2.59. The van der Waals surface area contributed by atoms with Gasteiger partial charge in [0, 0.05) is 18.9 Å². The largest absolute Gasteiger partial charge is 0.478 e. The Bertz CT molecular complexity index is 648. The van der Waals surface area contributed by atoms with Crippen molar-refractivity contribution in [1.82, 2.24) is 14.8 Å². The molecule has 98 valence electrons. The molecule has 0 atom stereocenters. The highest BCUT2D eigenvalue weighted by molar-refractivity contribution is 6.05. The van der Waals surface area contributed by atoms with Crippen molar-refractivity contribution in [2.24, 2.45) is 7.05 Å². The normalized spacial score (nSPS) is 10.2. The summed E-state index contributed by atoms with van der Waals surface area (Å²) in [5.41, 5.74) is 1.50. The summed E-state index contributed by atoms with van der Waals surface area (Å²) in [7, 11) is 1.73. The van der Waals surface area contributed by atoms with Gasteiger partial charge in [0.15, 0.2) is 0 Å². The number of aromatic nitrogens is 3. The number of pyridine rings is 1. The zero-order chi connectivity index (χ0) is 14.0. The van der Waals surface area contributed by atoms with Gasteiger partial charge in [-0.1, -0.05) is 0 Å². The van der Waals surface area contributed by atoms with Crippen LogP contribution < -0.4 is 5.32 Å². The third-order valence-corrected chi connectivity index (χ3v) is 2.72. The average Bonchev–Trinajstić information content (AvgIpc) is 2.70.